The van der Waals surface area contributed by atoms with Crippen molar-refractivity contribution in [2.75, 3.05) is 67.5 Å². The smallest absolute Gasteiger partial charge is 0.193 e. The predicted molar refractivity (Wildman–Crippen MR) is 129 cm³/mol. The first-order valence-corrected chi connectivity index (χ1v) is 10.7. The van der Waals surface area contributed by atoms with E-state index in [-0.39, 0.29) is 30.1 Å². The molecule has 0 radical (unpaired) electrons. The molecule has 28 heavy (non-hydrogen) atoms. The van der Waals surface area contributed by atoms with Gasteiger partial charge in [-0.05, 0) is 46.4 Å². The summed E-state index contributed by atoms with van der Waals surface area (Å²) in [6.07, 6.45) is 2.44. The normalized spacial score (nSPS) is 17.7. The highest BCUT2D eigenvalue weighted by Crippen LogP contribution is 2.20. The van der Waals surface area contributed by atoms with Crippen LogP contribution in [0.2, 0.25) is 0 Å². The number of hydrogen-bond acceptors (Lipinski definition) is 6. The third-order valence-electron chi connectivity index (χ3n) is 4.99. The molecule has 0 amide bonds. The Balaban J connectivity index is 0.00000392. The molecule has 1 N–H and O–H groups in total. The largest absolute Gasteiger partial charge is 0.375 e. The Bertz CT molecular complexity index is 585. The van der Waals surface area contributed by atoms with Gasteiger partial charge in [-0.15, -0.1) is 35.3 Å². The molecular weight excluding hydrogens is 487 g/mol. The zero-order valence-corrected chi connectivity index (χ0v) is 21.1. The number of rotatable bonds is 8. The molecule has 1 unspecified atom stereocenters. The van der Waals surface area contributed by atoms with Crippen molar-refractivity contribution in [3.8, 4) is 0 Å². The minimum Gasteiger partial charge on any atom is -0.375 e. The molecule has 2 rings (SSSR count). The molecule has 1 atom stereocenters. The second kappa shape index (κ2) is 13.7. The van der Waals surface area contributed by atoms with Gasteiger partial charge in [0, 0.05) is 46.2 Å². The van der Waals surface area contributed by atoms with Gasteiger partial charge in [0.2, 0.25) is 0 Å². The van der Waals surface area contributed by atoms with Crippen LogP contribution in [0.5, 0.6) is 0 Å². The number of thiazole rings is 1. The molecule has 0 spiro atoms. The fourth-order valence-electron chi connectivity index (χ4n) is 3.21. The van der Waals surface area contributed by atoms with Crippen molar-refractivity contribution in [2.45, 2.75) is 32.4 Å². The van der Waals surface area contributed by atoms with Crippen molar-refractivity contribution < 1.29 is 4.74 Å². The highest BCUT2D eigenvalue weighted by atomic mass is 127. The molecule has 1 saturated heterocycles. The van der Waals surface area contributed by atoms with Crippen LogP contribution in [0, 0.1) is 0 Å². The molecule has 1 aliphatic rings. The topological polar surface area (TPSA) is 56.2 Å². The maximum absolute atomic E-state index is 5.34. The summed E-state index contributed by atoms with van der Waals surface area (Å²) in [6.45, 7) is 9.63. The Hall–Kier alpha value is -0.490. The molecule has 0 saturated carbocycles. The van der Waals surface area contributed by atoms with Crippen LogP contribution in [0.15, 0.2) is 10.4 Å². The lowest BCUT2D eigenvalue weighted by atomic mass is 10.3. The number of halogens is 1. The third kappa shape index (κ3) is 8.48. The van der Waals surface area contributed by atoms with Crippen LogP contribution in [0.4, 0.5) is 0 Å². The Morgan fingerprint density at radius 2 is 2.18 bits per heavy atom. The summed E-state index contributed by atoms with van der Waals surface area (Å²) >= 11 is 1.65. The van der Waals surface area contributed by atoms with Crippen LogP contribution in [-0.4, -0.2) is 93.2 Å². The van der Waals surface area contributed by atoms with Gasteiger partial charge in [-0.3, -0.25) is 4.99 Å². The lowest BCUT2D eigenvalue weighted by Crippen LogP contribution is -2.40. The molecule has 7 nitrogen and oxygen atoms in total. The van der Waals surface area contributed by atoms with Gasteiger partial charge in [0.05, 0.1) is 12.2 Å². The van der Waals surface area contributed by atoms with Crippen molar-refractivity contribution in [1.82, 2.24) is 25.0 Å². The number of hydrogen-bond donors (Lipinski definition) is 1. The molecule has 1 aromatic rings. The van der Waals surface area contributed by atoms with E-state index in [1.807, 2.05) is 14.0 Å². The monoisotopic (exact) mass is 524 g/mol. The van der Waals surface area contributed by atoms with Crippen LogP contribution >= 0.6 is 35.3 Å². The quantitative estimate of drug-likeness (QED) is 0.244. The second-order valence-electron chi connectivity index (χ2n) is 7.24. The molecule has 0 aliphatic carbocycles. The Labute approximate surface area is 191 Å². The number of nitrogens with zero attached hydrogens (tertiary/aromatic N) is 5. The molecule has 2 heterocycles. The molecule has 1 fully saturated rings. The molecule has 162 valence electrons. The molecule has 1 aromatic heterocycles. The Kier molecular flexibility index (Phi) is 12.5. The van der Waals surface area contributed by atoms with Gasteiger partial charge in [-0.1, -0.05) is 0 Å². The molecule has 0 bridgehead atoms. The lowest BCUT2D eigenvalue weighted by molar-refractivity contribution is 0.119. The summed E-state index contributed by atoms with van der Waals surface area (Å²) in [6, 6.07) is 0. The highest BCUT2D eigenvalue weighted by Gasteiger charge is 2.14. The minimum absolute atomic E-state index is 0. The number of likely N-dealkylation sites (N-methyl/N-ethyl adjacent to an activating group) is 1. The maximum atomic E-state index is 5.34. The van der Waals surface area contributed by atoms with E-state index in [1.54, 1.807) is 18.4 Å². The van der Waals surface area contributed by atoms with E-state index in [2.05, 4.69) is 49.5 Å². The van der Waals surface area contributed by atoms with E-state index in [1.165, 1.54) is 32.6 Å². The van der Waals surface area contributed by atoms with E-state index in [4.69, 9.17) is 4.74 Å². The number of guanidine groups is 1. The van der Waals surface area contributed by atoms with Gasteiger partial charge >= 0.3 is 0 Å². The van der Waals surface area contributed by atoms with Crippen LogP contribution in [0.1, 0.15) is 36.6 Å². The fraction of sp³-hybridized carbons (Fsp3) is 0.789. The average Bonchev–Trinajstić information content (AvgIpc) is 3.03. The molecular formula is C19H37IN6OS. The Morgan fingerprint density at radius 1 is 1.39 bits per heavy atom. The number of nitrogens with one attached hydrogen (secondary N) is 1. The molecule has 1 aliphatic heterocycles. The van der Waals surface area contributed by atoms with Crippen LogP contribution in [0.3, 0.4) is 0 Å². The first-order valence-electron chi connectivity index (χ1n) is 9.83. The summed E-state index contributed by atoms with van der Waals surface area (Å²) in [4.78, 5) is 16.2. The van der Waals surface area contributed by atoms with Gasteiger partial charge < -0.3 is 24.8 Å². The van der Waals surface area contributed by atoms with E-state index in [0.717, 1.165) is 42.7 Å². The minimum atomic E-state index is 0. The van der Waals surface area contributed by atoms with Crippen molar-refractivity contribution in [3.63, 3.8) is 0 Å². The van der Waals surface area contributed by atoms with Crippen LogP contribution < -0.4 is 5.32 Å². The fourth-order valence-corrected chi connectivity index (χ4v) is 4.05. The van der Waals surface area contributed by atoms with Gasteiger partial charge in [-0.2, -0.15) is 0 Å². The lowest BCUT2D eigenvalue weighted by Gasteiger charge is -2.23. The molecule has 9 heteroatoms. The third-order valence-corrected chi connectivity index (χ3v) is 6.04. The second-order valence-corrected chi connectivity index (χ2v) is 8.13. The van der Waals surface area contributed by atoms with E-state index >= 15 is 0 Å². The number of aromatic nitrogens is 1. The van der Waals surface area contributed by atoms with E-state index in [0.29, 0.717) is 0 Å². The van der Waals surface area contributed by atoms with Crippen molar-refractivity contribution in [1.29, 1.82) is 0 Å². The van der Waals surface area contributed by atoms with Gasteiger partial charge in [0.1, 0.15) is 11.1 Å². The number of ether oxygens (including phenoxy) is 1. The average molecular weight is 525 g/mol. The Morgan fingerprint density at radius 3 is 2.89 bits per heavy atom. The van der Waals surface area contributed by atoms with Crippen LogP contribution in [-0.2, 0) is 11.3 Å². The van der Waals surface area contributed by atoms with Crippen molar-refractivity contribution in [3.05, 3.63) is 16.1 Å². The standard InChI is InChI=1S/C19H36N6OS.HI/c1-16(26-5)18-22-17(15-27-18)14-24(4)19(20-2)21-8-6-10-25-11-7-9-23(3)12-13-25;/h15-16H,6-14H2,1-5H3,(H,20,21);1H. The first kappa shape index (κ1) is 25.5. The SMILES string of the molecule is CN=C(NCCCN1CCCN(C)CC1)N(C)Cc1csc(C(C)OC)n1.I. The first-order chi connectivity index (χ1) is 13.0. The zero-order valence-electron chi connectivity index (χ0n) is 18.0. The summed E-state index contributed by atoms with van der Waals surface area (Å²) < 4.78 is 5.34. The van der Waals surface area contributed by atoms with Gasteiger partial charge in [-0.25, -0.2) is 4.98 Å². The highest BCUT2D eigenvalue weighted by molar-refractivity contribution is 14.0. The maximum Gasteiger partial charge on any atom is 0.193 e. The van der Waals surface area contributed by atoms with Crippen molar-refractivity contribution >= 4 is 41.3 Å². The van der Waals surface area contributed by atoms with Gasteiger partial charge in [0.15, 0.2) is 5.96 Å². The predicted octanol–water partition coefficient (Wildman–Crippen LogP) is 2.50. The number of methoxy groups -OCH3 is 1. The van der Waals surface area contributed by atoms with Gasteiger partial charge in [0.25, 0.3) is 0 Å². The van der Waals surface area contributed by atoms with Crippen LogP contribution in [0.25, 0.3) is 0 Å². The zero-order chi connectivity index (χ0) is 19.6. The number of aliphatic imine (C=N–C) groups is 1. The van der Waals surface area contributed by atoms with Crippen molar-refractivity contribution in [2.24, 2.45) is 4.99 Å². The summed E-state index contributed by atoms with van der Waals surface area (Å²) in [5.74, 6) is 0.917. The molecule has 0 aromatic carbocycles. The summed E-state index contributed by atoms with van der Waals surface area (Å²) in [5.41, 5.74) is 1.05. The van der Waals surface area contributed by atoms with E-state index < -0.39 is 0 Å². The summed E-state index contributed by atoms with van der Waals surface area (Å²) in [7, 11) is 7.82. The summed E-state index contributed by atoms with van der Waals surface area (Å²) in [5, 5.41) is 6.61. The van der Waals surface area contributed by atoms with E-state index in [9.17, 15) is 0 Å².